The van der Waals surface area contributed by atoms with Crippen molar-refractivity contribution in [3.63, 3.8) is 0 Å². The van der Waals surface area contributed by atoms with E-state index in [0.717, 1.165) is 16.1 Å². The second kappa shape index (κ2) is 7.64. The molecule has 3 rings (SSSR count). The molecule has 1 amide bonds. The van der Waals surface area contributed by atoms with Crippen molar-refractivity contribution in [1.82, 2.24) is 4.90 Å². The summed E-state index contributed by atoms with van der Waals surface area (Å²) < 4.78 is 5.27. The van der Waals surface area contributed by atoms with E-state index in [1.165, 1.54) is 17.3 Å². The van der Waals surface area contributed by atoms with Gasteiger partial charge in [-0.15, -0.1) is 0 Å². The Morgan fingerprint density at radius 3 is 2.50 bits per heavy atom. The Labute approximate surface area is 145 Å². The second-order valence-electron chi connectivity index (χ2n) is 5.69. The normalized spacial score (nSPS) is 14.5. The van der Waals surface area contributed by atoms with Gasteiger partial charge in [0.15, 0.2) is 6.29 Å². The minimum atomic E-state index is -0.0479. The van der Waals surface area contributed by atoms with Crippen molar-refractivity contribution in [2.75, 3.05) is 26.3 Å². The number of nitrogens with zero attached hydrogens (tertiary/aromatic N) is 1. The Balaban J connectivity index is 1.80. The van der Waals surface area contributed by atoms with E-state index < -0.39 is 0 Å². The lowest BCUT2D eigenvalue weighted by atomic mass is 10.1. The molecule has 0 spiro atoms. The summed E-state index contributed by atoms with van der Waals surface area (Å²) in [6.45, 7) is 4.35. The molecule has 1 saturated heterocycles. The second-order valence-corrected chi connectivity index (χ2v) is 6.81. The fourth-order valence-electron chi connectivity index (χ4n) is 2.55. The van der Waals surface area contributed by atoms with Crippen molar-refractivity contribution in [3.05, 3.63) is 59.2 Å². The first-order chi connectivity index (χ1) is 11.7. The lowest BCUT2D eigenvalue weighted by molar-refractivity contribution is 0.0303. The number of amides is 1. The molecule has 4 nitrogen and oxygen atoms in total. The number of carbonyl (C=O) groups excluding carboxylic acids is 2. The van der Waals surface area contributed by atoms with E-state index in [9.17, 15) is 9.59 Å². The van der Waals surface area contributed by atoms with E-state index in [1.807, 2.05) is 37.3 Å². The van der Waals surface area contributed by atoms with Crippen LogP contribution in [0.1, 0.15) is 26.3 Å². The van der Waals surface area contributed by atoms with Gasteiger partial charge in [-0.25, -0.2) is 0 Å². The molecule has 1 aliphatic rings. The van der Waals surface area contributed by atoms with E-state index in [0.29, 0.717) is 37.4 Å². The molecule has 1 aliphatic heterocycles. The monoisotopic (exact) mass is 341 g/mol. The van der Waals surface area contributed by atoms with Gasteiger partial charge in [-0.2, -0.15) is 0 Å². The highest BCUT2D eigenvalue weighted by molar-refractivity contribution is 7.99. The summed E-state index contributed by atoms with van der Waals surface area (Å²) in [6.07, 6.45) is 0.812. The minimum absolute atomic E-state index is 0.0479. The van der Waals surface area contributed by atoms with Crippen molar-refractivity contribution >= 4 is 24.0 Å². The van der Waals surface area contributed by atoms with E-state index in [2.05, 4.69) is 0 Å². The molecule has 0 aliphatic carbocycles. The van der Waals surface area contributed by atoms with Crippen molar-refractivity contribution in [2.24, 2.45) is 0 Å². The van der Waals surface area contributed by atoms with Gasteiger partial charge < -0.3 is 9.64 Å². The number of carbonyl (C=O) groups is 2. The van der Waals surface area contributed by atoms with Crippen LogP contribution in [0.2, 0.25) is 0 Å². The molecule has 0 aromatic heterocycles. The summed E-state index contributed by atoms with van der Waals surface area (Å²) in [4.78, 5) is 27.7. The first-order valence-electron chi connectivity index (χ1n) is 7.88. The Hall–Kier alpha value is -2.11. The average Bonchev–Trinajstić information content (AvgIpc) is 2.64. The van der Waals surface area contributed by atoms with Gasteiger partial charge in [0.25, 0.3) is 5.91 Å². The third-order valence-corrected chi connectivity index (χ3v) is 5.03. The van der Waals surface area contributed by atoms with Crippen LogP contribution in [-0.4, -0.2) is 43.4 Å². The maximum atomic E-state index is 12.5. The van der Waals surface area contributed by atoms with E-state index >= 15 is 0 Å². The number of rotatable bonds is 4. The molecular formula is C19H19NO3S. The SMILES string of the molecule is Cc1ccc(Sc2ccc(C(=O)N3CCOCC3)cc2C=O)cc1. The number of ether oxygens (including phenoxy) is 1. The average molecular weight is 341 g/mol. The summed E-state index contributed by atoms with van der Waals surface area (Å²) in [7, 11) is 0. The zero-order valence-electron chi connectivity index (χ0n) is 13.5. The van der Waals surface area contributed by atoms with Crippen molar-refractivity contribution in [1.29, 1.82) is 0 Å². The van der Waals surface area contributed by atoms with Crippen LogP contribution >= 0.6 is 11.8 Å². The van der Waals surface area contributed by atoms with Crippen LogP contribution in [0.3, 0.4) is 0 Å². The van der Waals surface area contributed by atoms with Crippen LogP contribution in [0.15, 0.2) is 52.3 Å². The summed E-state index contributed by atoms with van der Waals surface area (Å²) in [5.41, 5.74) is 2.29. The molecule has 2 aromatic rings. The molecule has 0 radical (unpaired) electrons. The number of hydrogen-bond acceptors (Lipinski definition) is 4. The fraction of sp³-hybridized carbons (Fsp3) is 0.263. The number of aldehydes is 1. The molecule has 0 N–H and O–H groups in total. The van der Waals surface area contributed by atoms with Gasteiger partial charge in [0, 0.05) is 34.0 Å². The number of hydrogen-bond donors (Lipinski definition) is 0. The van der Waals surface area contributed by atoms with Gasteiger partial charge in [-0.05, 0) is 37.3 Å². The Bertz CT molecular complexity index is 737. The molecule has 1 fully saturated rings. The molecule has 0 unspecified atom stereocenters. The summed E-state index contributed by atoms with van der Waals surface area (Å²) in [5.74, 6) is -0.0479. The summed E-state index contributed by atoms with van der Waals surface area (Å²) in [6, 6.07) is 13.5. The molecule has 124 valence electrons. The largest absolute Gasteiger partial charge is 0.378 e. The minimum Gasteiger partial charge on any atom is -0.378 e. The lowest BCUT2D eigenvalue weighted by Gasteiger charge is -2.27. The first-order valence-corrected chi connectivity index (χ1v) is 8.70. The third-order valence-electron chi connectivity index (χ3n) is 3.93. The van der Waals surface area contributed by atoms with Gasteiger partial charge in [-0.1, -0.05) is 29.5 Å². The van der Waals surface area contributed by atoms with Gasteiger partial charge >= 0.3 is 0 Å². The lowest BCUT2D eigenvalue weighted by Crippen LogP contribution is -2.40. The van der Waals surface area contributed by atoms with Crippen LogP contribution in [0.25, 0.3) is 0 Å². The fourth-order valence-corrected chi connectivity index (χ4v) is 3.44. The maximum Gasteiger partial charge on any atom is 0.254 e. The predicted molar refractivity (Wildman–Crippen MR) is 93.9 cm³/mol. The van der Waals surface area contributed by atoms with Crippen LogP contribution < -0.4 is 0 Å². The highest BCUT2D eigenvalue weighted by Gasteiger charge is 2.19. The van der Waals surface area contributed by atoms with Gasteiger partial charge in [0.2, 0.25) is 0 Å². The zero-order valence-corrected chi connectivity index (χ0v) is 14.3. The molecule has 0 atom stereocenters. The quantitative estimate of drug-likeness (QED) is 0.800. The van der Waals surface area contributed by atoms with Crippen molar-refractivity contribution < 1.29 is 14.3 Å². The van der Waals surface area contributed by atoms with Gasteiger partial charge in [0.1, 0.15) is 0 Å². The Morgan fingerprint density at radius 2 is 1.83 bits per heavy atom. The number of aryl methyl sites for hydroxylation is 1. The van der Waals surface area contributed by atoms with Gasteiger partial charge in [0.05, 0.1) is 13.2 Å². The van der Waals surface area contributed by atoms with E-state index in [1.54, 1.807) is 17.0 Å². The van der Waals surface area contributed by atoms with Crippen molar-refractivity contribution in [3.8, 4) is 0 Å². The molecule has 1 heterocycles. The van der Waals surface area contributed by atoms with E-state index in [4.69, 9.17) is 4.74 Å². The Morgan fingerprint density at radius 1 is 1.12 bits per heavy atom. The molecule has 0 saturated carbocycles. The molecule has 0 bridgehead atoms. The maximum absolute atomic E-state index is 12.5. The standard InChI is InChI=1S/C19H19NO3S/c1-14-2-5-17(6-3-14)24-18-7-4-15(12-16(18)13-21)19(22)20-8-10-23-11-9-20/h2-7,12-13H,8-11H2,1H3. The summed E-state index contributed by atoms with van der Waals surface area (Å²) >= 11 is 1.53. The van der Waals surface area contributed by atoms with Crippen LogP contribution in [-0.2, 0) is 4.74 Å². The van der Waals surface area contributed by atoms with E-state index in [-0.39, 0.29) is 5.91 Å². The number of morpholine rings is 1. The van der Waals surface area contributed by atoms with Crippen LogP contribution in [0, 0.1) is 6.92 Å². The molecule has 5 heteroatoms. The summed E-state index contributed by atoms with van der Waals surface area (Å²) in [5, 5.41) is 0. The molecule has 2 aromatic carbocycles. The van der Waals surface area contributed by atoms with Crippen LogP contribution in [0.4, 0.5) is 0 Å². The van der Waals surface area contributed by atoms with Gasteiger partial charge in [-0.3, -0.25) is 9.59 Å². The first kappa shape index (κ1) is 16.7. The predicted octanol–water partition coefficient (Wildman–Crippen LogP) is 3.43. The smallest absolute Gasteiger partial charge is 0.254 e. The number of benzene rings is 2. The highest BCUT2D eigenvalue weighted by Crippen LogP contribution is 2.30. The third kappa shape index (κ3) is 3.86. The topological polar surface area (TPSA) is 46.6 Å². The molecule has 24 heavy (non-hydrogen) atoms. The van der Waals surface area contributed by atoms with Crippen molar-refractivity contribution in [2.45, 2.75) is 16.7 Å². The highest BCUT2D eigenvalue weighted by atomic mass is 32.2. The Kier molecular flexibility index (Phi) is 5.33. The van der Waals surface area contributed by atoms with Crippen LogP contribution in [0.5, 0.6) is 0 Å². The zero-order chi connectivity index (χ0) is 16.9. The molecular weight excluding hydrogens is 322 g/mol.